The van der Waals surface area contributed by atoms with Gasteiger partial charge in [-0.2, -0.15) is 0 Å². The molecule has 1 unspecified atom stereocenters. The van der Waals surface area contributed by atoms with Gasteiger partial charge in [0.05, 0.1) is 0 Å². The first-order chi connectivity index (χ1) is 10.9. The van der Waals surface area contributed by atoms with E-state index in [0.29, 0.717) is 29.2 Å². The Labute approximate surface area is 133 Å². The third-order valence-electron chi connectivity index (χ3n) is 3.44. The van der Waals surface area contributed by atoms with Gasteiger partial charge in [-0.25, -0.2) is 18.0 Å². The van der Waals surface area contributed by atoms with Crippen LogP contribution in [0.5, 0.6) is 0 Å². The van der Waals surface area contributed by atoms with E-state index in [0.717, 1.165) is 19.8 Å². The number of rotatable bonds is 1. The second kappa shape index (κ2) is 7.40. The Hall–Kier alpha value is -2.16. The fraction of sp³-hybridized carbons (Fsp3) is 0.471. The third kappa shape index (κ3) is 4.92. The first-order valence-corrected chi connectivity index (χ1v) is 7.59. The zero-order chi connectivity index (χ0) is 17.0. The summed E-state index contributed by atoms with van der Waals surface area (Å²) in [6, 6.07) is 2.49. The summed E-state index contributed by atoms with van der Waals surface area (Å²) in [6.45, 7) is 2.72. The van der Waals surface area contributed by atoms with Crippen molar-refractivity contribution < 1.29 is 18.0 Å². The lowest BCUT2D eigenvalue weighted by atomic mass is 9.99. The van der Waals surface area contributed by atoms with Crippen LogP contribution in [0, 0.1) is 23.6 Å². The molecule has 2 N–H and O–H groups in total. The summed E-state index contributed by atoms with van der Waals surface area (Å²) < 4.78 is 34.5. The molecule has 1 aliphatic carbocycles. The van der Waals surface area contributed by atoms with Crippen LogP contribution >= 0.6 is 0 Å². The minimum atomic E-state index is -2.17. The van der Waals surface area contributed by atoms with E-state index < -0.39 is 12.5 Å². The van der Waals surface area contributed by atoms with Gasteiger partial charge in [-0.1, -0.05) is 18.8 Å². The van der Waals surface area contributed by atoms with Crippen molar-refractivity contribution in [2.24, 2.45) is 5.92 Å². The van der Waals surface area contributed by atoms with E-state index in [1.165, 1.54) is 6.07 Å². The SMILES string of the molecule is CC(F)F.CCc1cc2c(cc1F)C(C#CC1CC1)NC(=O)N2. The highest BCUT2D eigenvalue weighted by molar-refractivity contribution is 5.93. The third-order valence-corrected chi connectivity index (χ3v) is 3.44. The maximum Gasteiger partial charge on any atom is 0.320 e. The molecule has 6 heteroatoms. The number of carbonyl (C=O) groups is 1. The van der Waals surface area contributed by atoms with Crippen LogP contribution in [0.4, 0.5) is 23.7 Å². The molecule has 2 amide bonds. The summed E-state index contributed by atoms with van der Waals surface area (Å²) >= 11 is 0. The van der Waals surface area contributed by atoms with E-state index in [1.54, 1.807) is 6.07 Å². The van der Waals surface area contributed by atoms with Gasteiger partial charge in [-0.3, -0.25) is 0 Å². The highest BCUT2D eigenvalue weighted by Gasteiger charge is 2.25. The zero-order valence-electron chi connectivity index (χ0n) is 13.1. The average Bonchev–Trinajstić information content (AvgIpc) is 3.28. The van der Waals surface area contributed by atoms with Crippen molar-refractivity contribution in [2.45, 2.75) is 45.6 Å². The smallest absolute Gasteiger partial charge is 0.320 e. The first kappa shape index (κ1) is 17.2. The van der Waals surface area contributed by atoms with E-state index in [2.05, 4.69) is 22.5 Å². The van der Waals surface area contributed by atoms with Crippen molar-refractivity contribution in [1.29, 1.82) is 0 Å². The van der Waals surface area contributed by atoms with Gasteiger partial charge in [0.2, 0.25) is 6.43 Å². The molecule has 23 heavy (non-hydrogen) atoms. The van der Waals surface area contributed by atoms with Crippen LogP contribution in [0.25, 0.3) is 0 Å². The van der Waals surface area contributed by atoms with Gasteiger partial charge in [0, 0.05) is 17.2 Å². The van der Waals surface area contributed by atoms with E-state index in [9.17, 15) is 18.0 Å². The van der Waals surface area contributed by atoms with E-state index in [1.807, 2.05) is 6.92 Å². The number of aryl methyl sites for hydroxylation is 1. The highest BCUT2D eigenvalue weighted by Crippen LogP contribution is 2.31. The lowest BCUT2D eigenvalue weighted by Crippen LogP contribution is -2.37. The van der Waals surface area contributed by atoms with Crippen molar-refractivity contribution in [1.82, 2.24) is 5.32 Å². The maximum atomic E-state index is 13.9. The molecule has 1 atom stereocenters. The van der Waals surface area contributed by atoms with E-state index >= 15 is 0 Å². The number of alkyl halides is 2. The number of benzene rings is 1. The quantitative estimate of drug-likeness (QED) is 0.745. The number of amides is 2. The Balaban J connectivity index is 0.000000433. The number of fused-ring (bicyclic) bond motifs is 1. The molecular formula is C17H19F3N2O. The fourth-order valence-electron chi connectivity index (χ4n) is 2.16. The first-order valence-electron chi connectivity index (χ1n) is 7.59. The number of halogens is 3. The summed E-state index contributed by atoms with van der Waals surface area (Å²) in [5.41, 5.74) is 1.98. The standard InChI is InChI=1S/C15H15FN2O.C2H4F2/c1-2-10-7-14-11(8-12(10)16)13(17-15(19)18-14)6-5-9-3-4-9;1-2(3)4/h7-9,13H,2-4H2,1H3,(H2,17,18,19);2H,1H3. The Morgan fingerprint density at radius 1 is 1.30 bits per heavy atom. The van der Waals surface area contributed by atoms with Crippen molar-refractivity contribution >= 4 is 11.7 Å². The number of carbonyl (C=O) groups excluding carboxylic acids is 1. The summed E-state index contributed by atoms with van der Waals surface area (Å²) in [6.07, 6.45) is 0.685. The molecule has 0 saturated heterocycles. The van der Waals surface area contributed by atoms with E-state index in [4.69, 9.17) is 0 Å². The molecule has 1 aromatic rings. The summed E-state index contributed by atoms with van der Waals surface area (Å²) in [5, 5.41) is 5.44. The number of hydrogen-bond donors (Lipinski definition) is 2. The van der Waals surface area contributed by atoms with Crippen LogP contribution < -0.4 is 10.6 Å². The van der Waals surface area contributed by atoms with Gasteiger partial charge in [0.15, 0.2) is 0 Å². The van der Waals surface area contributed by atoms with Gasteiger partial charge in [0.1, 0.15) is 11.9 Å². The van der Waals surface area contributed by atoms with Crippen LogP contribution in [-0.2, 0) is 6.42 Å². The largest absolute Gasteiger partial charge is 0.320 e. The molecule has 0 aromatic heterocycles. The molecule has 1 heterocycles. The van der Waals surface area contributed by atoms with Crippen LogP contribution in [0.3, 0.4) is 0 Å². The molecule has 0 radical (unpaired) electrons. The zero-order valence-corrected chi connectivity index (χ0v) is 13.1. The Morgan fingerprint density at radius 2 is 1.96 bits per heavy atom. The highest BCUT2D eigenvalue weighted by atomic mass is 19.3. The normalized spacial score (nSPS) is 18.7. The molecular weight excluding hydrogens is 305 g/mol. The Kier molecular flexibility index (Phi) is 5.54. The molecule has 3 rings (SSSR count). The summed E-state index contributed by atoms with van der Waals surface area (Å²) in [4.78, 5) is 11.6. The van der Waals surface area contributed by atoms with E-state index in [-0.39, 0.29) is 11.8 Å². The summed E-state index contributed by atoms with van der Waals surface area (Å²) in [5.74, 6) is 6.38. The predicted octanol–water partition coefficient (Wildman–Crippen LogP) is 4.25. The van der Waals surface area contributed by atoms with Gasteiger partial charge >= 0.3 is 6.03 Å². The molecule has 0 spiro atoms. The molecule has 3 nitrogen and oxygen atoms in total. The number of anilines is 1. The Morgan fingerprint density at radius 3 is 2.52 bits per heavy atom. The number of urea groups is 1. The molecule has 2 aliphatic rings. The molecule has 1 aliphatic heterocycles. The monoisotopic (exact) mass is 324 g/mol. The van der Waals surface area contributed by atoms with Crippen molar-refractivity contribution in [3.8, 4) is 11.8 Å². The van der Waals surface area contributed by atoms with Gasteiger partial charge in [-0.15, -0.1) is 0 Å². The minimum absolute atomic E-state index is 0.238. The molecule has 1 saturated carbocycles. The Bertz CT molecular complexity index is 642. The molecule has 1 aromatic carbocycles. The van der Waals surface area contributed by atoms with Gasteiger partial charge in [-0.05, 0) is 43.9 Å². The fourth-order valence-corrected chi connectivity index (χ4v) is 2.16. The number of nitrogens with one attached hydrogen (secondary N) is 2. The topological polar surface area (TPSA) is 41.1 Å². The van der Waals surface area contributed by atoms with Crippen molar-refractivity contribution in [3.05, 3.63) is 29.1 Å². The average molecular weight is 324 g/mol. The van der Waals surface area contributed by atoms with Crippen molar-refractivity contribution in [3.63, 3.8) is 0 Å². The van der Waals surface area contributed by atoms with Crippen LogP contribution in [0.2, 0.25) is 0 Å². The minimum Gasteiger partial charge on any atom is -0.320 e. The van der Waals surface area contributed by atoms with Gasteiger partial charge in [0.25, 0.3) is 0 Å². The predicted molar refractivity (Wildman–Crippen MR) is 82.9 cm³/mol. The maximum absolute atomic E-state index is 13.9. The molecule has 124 valence electrons. The van der Waals surface area contributed by atoms with Crippen LogP contribution in [0.15, 0.2) is 12.1 Å². The lowest BCUT2D eigenvalue weighted by molar-refractivity contribution is 0.171. The number of hydrogen-bond acceptors (Lipinski definition) is 1. The second-order valence-corrected chi connectivity index (χ2v) is 5.50. The van der Waals surface area contributed by atoms with Crippen LogP contribution in [0.1, 0.15) is 43.9 Å². The van der Waals surface area contributed by atoms with Crippen molar-refractivity contribution in [2.75, 3.05) is 5.32 Å². The lowest BCUT2D eigenvalue weighted by Gasteiger charge is -2.24. The van der Waals surface area contributed by atoms with Gasteiger partial charge < -0.3 is 10.6 Å². The molecule has 1 fully saturated rings. The summed E-state index contributed by atoms with van der Waals surface area (Å²) in [7, 11) is 0. The second-order valence-electron chi connectivity index (χ2n) is 5.50. The molecule has 0 bridgehead atoms. The van der Waals surface area contributed by atoms with Crippen LogP contribution in [-0.4, -0.2) is 12.5 Å².